The first-order valence-electron chi connectivity index (χ1n) is 7.84. The fourth-order valence-corrected chi connectivity index (χ4v) is 3.28. The summed E-state index contributed by atoms with van der Waals surface area (Å²) in [6.45, 7) is 1.49. The normalized spacial score (nSPS) is 23.8. The zero-order valence-electron chi connectivity index (χ0n) is 13.0. The number of fused-ring (bicyclic) bond motifs is 1. The van der Waals surface area contributed by atoms with E-state index < -0.39 is 0 Å². The minimum atomic E-state index is -0.303. The third kappa shape index (κ3) is 2.54. The Morgan fingerprint density at radius 1 is 1.30 bits per heavy atom. The second-order valence-electron chi connectivity index (χ2n) is 6.00. The highest BCUT2D eigenvalue weighted by Gasteiger charge is 2.40. The Balaban J connectivity index is 1.54. The van der Waals surface area contributed by atoms with Gasteiger partial charge in [-0.2, -0.15) is 0 Å². The summed E-state index contributed by atoms with van der Waals surface area (Å²) in [4.78, 5) is 22.9. The van der Waals surface area contributed by atoms with Crippen LogP contribution in [0, 0.1) is 5.92 Å². The molecule has 3 heterocycles. The standard InChI is InChI=1S/C17H19N3O3/c1-19-8-7-18-16(19)15-14(6-9-22-15)17(21)20-10-12-4-2-3-5-13(12)11-23-20/h2-5,7-8,14-15H,6,9-11H2,1H3/t14-,15-/m1/s1. The summed E-state index contributed by atoms with van der Waals surface area (Å²) in [5, 5.41) is 1.48. The zero-order chi connectivity index (χ0) is 15.8. The number of hydroxylamine groups is 2. The molecule has 6 nitrogen and oxygen atoms in total. The average Bonchev–Trinajstić information content (AvgIpc) is 3.22. The molecule has 6 heteroatoms. The van der Waals surface area contributed by atoms with Gasteiger partial charge in [-0.15, -0.1) is 0 Å². The van der Waals surface area contributed by atoms with E-state index in [0.717, 1.165) is 17.0 Å². The SMILES string of the molecule is Cn1ccnc1[C@@H]1OCC[C@H]1C(=O)N1Cc2ccccc2CO1. The van der Waals surface area contributed by atoms with Gasteiger partial charge in [0.2, 0.25) is 0 Å². The summed E-state index contributed by atoms with van der Waals surface area (Å²) < 4.78 is 7.69. The van der Waals surface area contributed by atoms with Crippen LogP contribution in [0.1, 0.15) is 29.5 Å². The predicted molar refractivity (Wildman–Crippen MR) is 81.8 cm³/mol. The highest BCUT2D eigenvalue weighted by atomic mass is 16.7. The third-order valence-electron chi connectivity index (χ3n) is 4.58. The Bertz CT molecular complexity index is 727. The summed E-state index contributed by atoms with van der Waals surface area (Å²) >= 11 is 0. The monoisotopic (exact) mass is 313 g/mol. The van der Waals surface area contributed by atoms with Crippen molar-refractivity contribution in [2.75, 3.05) is 6.61 Å². The molecule has 23 heavy (non-hydrogen) atoms. The van der Waals surface area contributed by atoms with E-state index in [2.05, 4.69) is 4.98 Å². The Hall–Kier alpha value is -2.18. The number of carbonyl (C=O) groups is 1. The molecule has 1 aromatic carbocycles. The number of nitrogens with zero attached hydrogens (tertiary/aromatic N) is 3. The molecule has 0 unspecified atom stereocenters. The maximum absolute atomic E-state index is 12.9. The highest BCUT2D eigenvalue weighted by molar-refractivity contribution is 5.79. The predicted octanol–water partition coefficient (Wildman–Crippen LogP) is 1.97. The van der Waals surface area contributed by atoms with Crippen LogP contribution < -0.4 is 0 Å². The zero-order valence-corrected chi connectivity index (χ0v) is 13.0. The molecule has 1 saturated heterocycles. The Kier molecular flexibility index (Phi) is 3.63. The Labute approximate surface area is 134 Å². The quantitative estimate of drug-likeness (QED) is 0.850. The smallest absolute Gasteiger partial charge is 0.252 e. The van der Waals surface area contributed by atoms with E-state index in [1.807, 2.05) is 42.1 Å². The number of benzene rings is 1. The van der Waals surface area contributed by atoms with Gasteiger partial charge in [0.1, 0.15) is 18.5 Å². The molecule has 120 valence electrons. The van der Waals surface area contributed by atoms with Crippen LogP contribution in [0.3, 0.4) is 0 Å². The van der Waals surface area contributed by atoms with E-state index in [9.17, 15) is 4.79 Å². The van der Waals surface area contributed by atoms with E-state index in [4.69, 9.17) is 9.57 Å². The first kappa shape index (κ1) is 14.4. The highest BCUT2D eigenvalue weighted by Crippen LogP contribution is 2.36. The summed E-state index contributed by atoms with van der Waals surface area (Å²) in [6.07, 6.45) is 3.99. The first-order chi connectivity index (χ1) is 11.2. The lowest BCUT2D eigenvalue weighted by molar-refractivity contribution is -0.206. The van der Waals surface area contributed by atoms with Crippen molar-refractivity contribution in [1.29, 1.82) is 0 Å². The van der Waals surface area contributed by atoms with Crippen LogP contribution in [0.2, 0.25) is 0 Å². The van der Waals surface area contributed by atoms with E-state index in [1.165, 1.54) is 5.06 Å². The van der Waals surface area contributed by atoms with Gasteiger partial charge < -0.3 is 9.30 Å². The molecular formula is C17H19N3O3. The van der Waals surface area contributed by atoms with Gasteiger partial charge in [-0.3, -0.25) is 9.63 Å². The molecule has 0 radical (unpaired) electrons. The number of rotatable bonds is 2. The van der Waals surface area contributed by atoms with Crippen molar-refractivity contribution >= 4 is 5.91 Å². The van der Waals surface area contributed by atoms with Gasteiger partial charge in [0.05, 0.1) is 12.5 Å². The van der Waals surface area contributed by atoms with Crippen molar-refractivity contribution in [2.24, 2.45) is 13.0 Å². The lowest BCUT2D eigenvalue weighted by Gasteiger charge is -2.30. The molecule has 0 spiro atoms. The van der Waals surface area contributed by atoms with Crippen molar-refractivity contribution in [1.82, 2.24) is 14.6 Å². The molecular weight excluding hydrogens is 294 g/mol. The van der Waals surface area contributed by atoms with Crippen LogP contribution in [-0.2, 0) is 34.6 Å². The lowest BCUT2D eigenvalue weighted by Crippen LogP contribution is -2.39. The Morgan fingerprint density at radius 2 is 2.13 bits per heavy atom. The molecule has 1 aromatic heterocycles. The second-order valence-corrected chi connectivity index (χ2v) is 6.00. The maximum Gasteiger partial charge on any atom is 0.252 e. The number of amides is 1. The minimum Gasteiger partial charge on any atom is -0.369 e. The summed E-state index contributed by atoms with van der Waals surface area (Å²) in [7, 11) is 1.92. The molecule has 2 atom stereocenters. The molecule has 0 N–H and O–H groups in total. The van der Waals surface area contributed by atoms with E-state index in [-0.39, 0.29) is 17.9 Å². The van der Waals surface area contributed by atoms with Crippen LogP contribution in [0.25, 0.3) is 0 Å². The molecule has 0 bridgehead atoms. The fraction of sp³-hybridized carbons (Fsp3) is 0.412. The molecule has 1 amide bonds. The number of ether oxygens (including phenoxy) is 1. The van der Waals surface area contributed by atoms with Crippen molar-refractivity contribution < 1.29 is 14.4 Å². The third-order valence-corrected chi connectivity index (χ3v) is 4.58. The van der Waals surface area contributed by atoms with E-state index >= 15 is 0 Å². The number of hydrogen-bond acceptors (Lipinski definition) is 4. The topological polar surface area (TPSA) is 56.6 Å². The number of aromatic nitrogens is 2. The minimum absolute atomic E-state index is 0.0231. The number of imidazole rings is 1. The van der Waals surface area contributed by atoms with Gasteiger partial charge in [-0.1, -0.05) is 24.3 Å². The molecule has 2 aliphatic rings. The van der Waals surface area contributed by atoms with Crippen molar-refractivity contribution in [3.8, 4) is 0 Å². The van der Waals surface area contributed by atoms with Crippen LogP contribution in [-0.4, -0.2) is 27.1 Å². The molecule has 1 fully saturated rings. The summed E-state index contributed by atoms with van der Waals surface area (Å²) in [5.74, 6) is 0.518. The van der Waals surface area contributed by atoms with Crippen molar-refractivity contribution in [3.05, 3.63) is 53.6 Å². The largest absolute Gasteiger partial charge is 0.369 e. The van der Waals surface area contributed by atoms with E-state index in [0.29, 0.717) is 26.2 Å². The average molecular weight is 313 g/mol. The lowest BCUT2D eigenvalue weighted by atomic mass is 9.98. The van der Waals surface area contributed by atoms with Crippen LogP contribution >= 0.6 is 0 Å². The number of hydrogen-bond donors (Lipinski definition) is 0. The molecule has 2 aromatic rings. The van der Waals surface area contributed by atoms with E-state index in [1.54, 1.807) is 6.20 Å². The number of aryl methyl sites for hydroxylation is 1. The van der Waals surface area contributed by atoms with Gasteiger partial charge in [-0.05, 0) is 17.5 Å². The van der Waals surface area contributed by atoms with Crippen LogP contribution in [0.15, 0.2) is 36.7 Å². The van der Waals surface area contributed by atoms with Gasteiger partial charge in [-0.25, -0.2) is 10.0 Å². The van der Waals surface area contributed by atoms with Crippen LogP contribution in [0.4, 0.5) is 0 Å². The van der Waals surface area contributed by atoms with Gasteiger partial charge in [0.25, 0.3) is 5.91 Å². The van der Waals surface area contributed by atoms with Crippen molar-refractivity contribution in [3.63, 3.8) is 0 Å². The second kappa shape index (κ2) is 5.79. The van der Waals surface area contributed by atoms with Crippen LogP contribution in [0.5, 0.6) is 0 Å². The van der Waals surface area contributed by atoms with Crippen molar-refractivity contribution in [2.45, 2.75) is 25.7 Å². The summed E-state index contributed by atoms with van der Waals surface area (Å²) in [5.41, 5.74) is 2.28. The summed E-state index contributed by atoms with van der Waals surface area (Å²) in [6, 6.07) is 8.05. The first-order valence-corrected chi connectivity index (χ1v) is 7.84. The maximum atomic E-state index is 12.9. The van der Waals surface area contributed by atoms with Gasteiger partial charge in [0, 0.05) is 26.0 Å². The number of carbonyl (C=O) groups excluding carboxylic acids is 1. The Morgan fingerprint density at radius 3 is 2.91 bits per heavy atom. The fourth-order valence-electron chi connectivity index (χ4n) is 3.28. The molecule has 0 aliphatic carbocycles. The molecule has 0 saturated carbocycles. The van der Waals surface area contributed by atoms with Gasteiger partial charge in [0.15, 0.2) is 0 Å². The van der Waals surface area contributed by atoms with Gasteiger partial charge >= 0.3 is 0 Å². The molecule has 4 rings (SSSR count). The molecule has 2 aliphatic heterocycles.